The molecule has 0 bridgehead atoms. The number of sulfonamides is 1. The van der Waals surface area contributed by atoms with Crippen LogP contribution in [0.4, 0.5) is 0 Å². The summed E-state index contributed by atoms with van der Waals surface area (Å²) in [6.45, 7) is 5.77. The molecule has 106 valence electrons. The summed E-state index contributed by atoms with van der Waals surface area (Å²) in [7, 11) is -3.27. The molecule has 0 aromatic heterocycles. The minimum absolute atomic E-state index is 0.0448. The Balaban J connectivity index is 2.31. The lowest BCUT2D eigenvalue weighted by atomic mass is 10.1. The van der Waals surface area contributed by atoms with Crippen LogP contribution < -0.4 is 5.32 Å². The van der Waals surface area contributed by atoms with Crippen molar-refractivity contribution in [2.75, 3.05) is 38.6 Å². The van der Waals surface area contributed by atoms with Crippen LogP contribution in [0.5, 0.6) is 0 Å². The van der Waals surface area contributed by atoms with Crippen LogP contribution in [0.3, 0.4) is 0 Å². The lowest BCUT2D eigenvalue weighted by Crippen LogP contribution is -2.43. The fourth-order valence-electron chi connectivity index (χ4n) is 1.72. The monoisotopic (exact) mass is 278 g/mol. The highest BCUT2D eigenvalue weighted by atomic mass is 32.2. The molecule has 6 nitrogen and oxygen atoms in total. The number of hydrogen-bond donors (Lipinski definition) is 1. The minimum Gasteiger partial charge on any atom is -0.379 e. The van der Waals surface area contributed by atoms with E-state index in [1.54, 1.807) is 0 Å². The highest BCUT2D eigenvalue weighted by molar-refractivity contribution is 7.89. The van der Waals surface area contributed by atoms with Crippen molar-refractivity contribution in [3.05, 3.63) is 0 Å². The van der Waals surface area contributed by atoms with Gasteiger partial charge >= 0.3 is 0 Å². The molecule has 1 fully saturated rings. The second-order valence-corrected chi connectivity index (χ2v) is 6.86. The van der Waals surface area contributed by atoms with Crippen molar-refractivity contribution in [1.82, 2.24) is 9.62 Å². The van der Waals surface area contributed by atoms with Crippen molar-refractivity contribution in [2.45, 2.75) is 20.3 Å². The lowest BCUT2D eigenvalue weighted by Gasteiger charge is -2.26. The Bertz CT molecular complexity index is 361. The van der Waals surface area contributed by atoms with E-state index in [2.05, 4.69) is 5.32 Å². The first-order valence-corrected chi connectivity index (χ1v) is 7.85. The summed E-state index contributed by atoms with van der Waals surface area (Å²) in [5.74, 6) is 0.139. The van der Waals surface area contributed by atoms with Crippen molar-refractivity contribution in [2.24, 2.45) is 5.92 Å². The van der Waals surface area contributed by atoms with Gasteiger partial charge in [-0.3, -0.25) is 4.79 Å². The van der Waals surface area contributed by atoms with E-state index in [0.717, 1.165) is 0 Å². The van der Waals surface area contributed by atoms with Gasteiger partial charge in [0, 0.05) is 26.1 Å². The van der Waals surface area contributed by atoms with E-state index in [-0.39, 0.29) is 24.1 Å². The van der Waals surface area contributed by atoms with E-state index < -0.39 is 10.0 Å². The number of rotatable bonds is 6. The number of amides is 1. The average Bonchev–Trinajstić information content (AvgIpc) is 2.29. The molecule has 0 aromatic rings. The standard InChI is InChI=1S/C11H22N2O4S/c1-10(2)9-11(14)12-3-8-18(15,16)13-4-6-17-7-5-13/h10H,3-9H2,1-2H3,(H,12,14). The van der Waals surface area contributed by atoms with Gasteiger partial charge in [0.15, 0.2) is 0 Å². The largest absolute Gasteiger partial charge is 0.379 e. The number of carbonyl (C=O) groups excluding carboxylic acids is 1. The predicted octanol–water partition coefficient (Wildman–Crippen LogP) is -0.189. The van der Waals surface area contributed by atoms with Gasteiger partial charge in [-0.05, 0) is 5.92 Å². The molecule has 0 radical (unpaired) electrons. The van der Waals surface area contributed by atoms with Crippen molar-refractivity contribution < 1.29 is 17.9 Å². The molecule has 1 amide bonds. The third-order valence-electron chi connectivity index (χ3n) is 2.64. The molecule has 0 aliphatic carbocycles. The van der Waals surface area contributed by atoms with E-state index in [9.17, 15) is 13.2 Å². The zero-order valence-corrected chi connectivity index (χ0v) is 11.8. The molecule has 0 unspecified atom stereocenters. The maximum Gasteiger partial charge on any atom is 0.220 e. The molecular weight excluding hydrogens is 256 g/mol. The highest BCUT2D eigenvalue weighted by Crippen LogP contribution is 2.05. The summed E-state index contributed by atoms with van der Waals surface area (Å²) < 4.78 is 30.3. The molecule has 0 atom stereocenters. The van der Waals surface area contributed by atoms with Gasteiger partial charge in [0.2, 0.25) is 15.9 Å². The molecule has 1 rings (SSSR count). The Hall–Kier alpha value is -0.660. The van der Waals surface area contributed by atoms with Crippen molar-refractivity contribution in [3.8, 4) is 0 Å². The van der Waals surface area contributed by atoms with Gasteiger partial charge in [-0.2, -0.15) is 4.31 Å². The van der Waals surface area contributed by atoms with Gasteiger partial charge in [0.25, 0.3) is 0 Å². The molecule has 1 N–H and O–H groups in total. The SMILES string of the molecule is CC(C)CC(=O)NCCS(=O)(=O)N1CCOCC1. The first-order chi connectivity index (χ1) is 8.42. The highest BCUT2D eigenvalue weighted by Gasteiger charge is 2.23. The minimum atomic E-state index is -3.27. The smallest absolute Gasteiger partial charge is 0.220 e. The van der Waals surface area contributed by atoms with Gasteiger partial charge in [0.05, 0.1) is 19.0 Å². The Labute approximate surface area is 109 Å². The Morgan fingerprint density at radius 1 is 1.33 bits per heavy atom. The zero-order valence-electron chi connectivity index (χ0n) is 11.0. The fourth-order valence-corrected chi connectivity index (χ4v) is 3.04. The first-order valence-electron chi connectivity index (χ1n) is 6.24. The molecular formula is C11H22N2O4S. The molecule has 7 heteroatoms. The second-order valence-electron chi connectivity index (χ2n) is 4.78. The third kappa shape index (κ3) is 5.32. The number of ether oxygens (including phenoxy) is 1. The molecule has 1 aliphatic rings. The van der Waals surface area contributed by atoms with Crippen LogP contribution in [0, 0.1) is 5.92 Å². The maximum atomic E-state index is 11.9. The zero-order chi connectivity index (χ0) is 13.6. The normalized spacial score (nSPS) is 17.9. The molecule has 1 saturated heterocycles. The summed E-state index contributed by atoms with van der Waals surface area (Å²) in [5, 5.41) is 2.63. The van der Waals surface area contributed by atoms with Crippen molar-refractivity contribution >= 4 is 15.9 Å². The van der Waals surface area contributed by atoms with Gasteiger partial charge in [0.1, 0.15) is 0 Å². The average molecular weight is 278 g/mol. The van der Waals surface area contributed by atoms with Crippen LogP contribution in [0.2, 0.25) is 0 Å². The number of morpholine rings is 1. The molecule has 1 heterocycles. The summed E-state index contributed by atoms with van der Waals surface area (Å²) in [4.78, 5) is 11.4. The van der Waals surface area contributed by atoms with E-state index in [0.29, 0.717) is 32.7 Å². The Kier molecular flexibility index (Phi) is 6.04. The molecule has 0 spiro atoms. The topological polar surface area (TPSA) is 75.7 Å². The van der Waals surface area contributed by atoms with Crippen LogP contribution >= 0.6 is 0 Å². The van der Waals surface area contributed by atoms with Crippen molar-refractivity contribution in [1.29, 1.82) is 0 Å². The third-order valence-corrected chi connectivity index (χ3v) is 4.51. The Morgan fingerprint density at radius 2 is 1.94 bits per heavy atom. The first kappa shape index (κ1) is 15.4. The predicted molar refractivity (Wildman–Crippen MR) is 68.6 cm³/mol. The number of carbonyl (C=O) groups is 1. The summed E-state index contributed by atoms with van der Waals surface area (Å²) in [6.07, 6.45) is 0.428. The summed E-state index contributed by atoms with van der Waals surface area (Å²) in [6, 6.07) is 0. The van der Waals surface area contributed by atoms with Crippen molar-refractivity contribution in [3.63, 3.8) is 0 Å². The van der Waals surface area contributed by atoms with Crippen LogP contribution in [0.1, 0.15) is 20.3 Å². The second kappa shape index (κ2) is 7.06. The van der Waals surface area contributed by atoms with E-state index in [1.165, 1.54) is 4.31 Å². The molecule has 0 saturated carbocycles. The number of nitrogens with one attached hydrogen (secondary N) is 1. The fraction of sp³-hybridized carbons (Fsp3) is 0.909. The Morgan fingerprint density at radius 3 is 2.50 bits per heavy atom. The van der Waals surface area contributed by atoms with Crippen LogP contribution in [-0.2, 0) is 19.6 Å². The summed E-state index contributed by atoms with van der Waals surface area (Å²) >= 11 is 0. The van der Waals surface area contributed by atoms with E-state index in [4.69, 9.17) is 4.74 Å². The van der Waals surface area contributed by atoms with Gasteiger partial charge in [-0.15, -0.1) is 0 Å². The van der Waals surface area contributed by atoms with E-state index in [1.807, 2.05) is 13.8 Å². The van der Waals surface area contributed by atoms with Gasteiger partial charge in [-0.1, -0.05) is 13.8 Å². The van der Waals surface area contributed by atoms with Crippen LogP contribution in [0.15, 0.2) is 0 Å². The maximum absolute atomic E-state index is 11.9. The molecule has 1 aliphatic heterocycles. The quantitative estimate of drug-likeness (QED) is 0.731. The number of nitrogens with zero attached hydrogens (tertiary/aromatic N) is 1. The lowest BCUT2D eigenvalue weighted by molar-refractivity contribution is -0.121. The van der Waals surface area contributed by atoms with Crippen LogP contribution in [-0.4, -0.2) is 57.2 Å². The van der Waals surface area contributed by atoms with Gasteiger partial charge in [-0.25, -0.2) is 8.42 Å². The molecule has 18 heavy (non-hydrogen) atoms. The van der Waals surface area contributed by atoms with Crippen LogP contribution in [0.25, 0.3) is 0 Å². The number of hydrogen-bond acceptors (Lipinski definition) is 4. The van der Waals surface area contributed by atoms with E-state index >= 15 is 0 Å². The van der Waals surface area contributed by atoms with Gasteiger partial charge < -0.3 is 10.1 Å². The summed E-state index contributed by atoms with van der Waals surface area (Å²) in [5.41, 5.74) is 0. The molecule has 0 aromatic carbocycles.